The standard InChI is InChI=1S/C14H12N2O4S/c1-2-3-7-4-5-15-11-9(7)13(18)14-10(12(11)17)8(6-21-14)16(19)20/h4-6,10,14H,2-3H2,1H3. The average Bonchev–Trinajstić information content (AvgIpc) is 2.90. The van der Waals surface area contributed by atoms with Crippen molar-refractivity contribution in [1.82, 2.24) is 4.98 Å². The molecule has 0 aromatic carbocycles. The third kappa shape index (κ3) is 1.99. The van der Waals surface area contributed by atoms with E-state index in [1.807, 2.05) is 6.92 Å². The molecule has 0 radical (unpaired) electrons. The highest BCUT2D eigenvalue weighted by molar-refractivity contribution is 8.03. The van der Waals surface area contributed by atoms with E-state index in [1.165, 1.54) is 11.6 Å². The minimum atomic E-state index is -1.01. The van der Waals surface area contributed by atoms with Gasteiger partial charge in [0.1, 0.15) is 11.6 Å². The first-order chi connectivity index (χ1) is 10.1. The number of aromatic nitrogens is 1. The van der Waals surface area contributed by atoms with Crippen LogP contribution in [0.5, 0.6) is 0 Å². The SMILES string of the molecule is CCCc1ccnc2c1C(=O)C1SC=C([N+](=O)[O-])C1C2=O. The molecule has 1 aromatic heterocycles. The van der Waals surface area contributed by atoms with Crippen molar-refractivity contribution in [3.63, 3.8) is 0 Å². The molecule has 108 valence electrons. The largest absolute Gasteiger partial charge is 0.293 e. The lowest BCUT2D eigenvalue weighted by Crippen LogP contribution is -2.40. The average molecular weight is 304 g/mol. The molecule has 0 saturated carbocycles. The van der Waals surface area contributed by atoms with Crippen molar-refractivity contribution >= 4 is 23.3 Å². The lowest BCUT2D eigenvalue weighted by Gasteiger charge is -2.24. The molecule has 3 rings (SSSR count). The van der Waals surface area contributed by atoms with Gasteiger partial charge in [-0.2, -0.15) is 0 Å². The summed E-state index contributed by atoms with van der Waals surface area (Å²) in [5.41, 5.74) is 1.05. The summed E-state index contributed by atoms with van der Waals surface area (Å²) in [5.74, 6) is -1.64. The number of fused-ring (bicyclic) bond motifs is 2. The van der Waals surface area contributed by atoms with Crippen LogP contribution >= 0.6 is 11.8 Å². The minimum Gasteiger partial charge on any atom is -0.293 e. The Balaban J connectivity index is 2.13. The summed E-state index contributed by atoms with van der Waals surface area (Å²) < 4.78 is 0. The molecule has 1 aliphatic carbocycles. The molecule has 2 aliphatic rings. The van der Waals surface area contributed by atoms with Crippen molar-refractivity contribution in [2.75, 3.05) is 0 Å². The van der Waals surface area contributed by atoms with Gasteiger partial charge >= 0.3 is 0 Å². The Morgan fingerprint density at radius 1 is 1.38 bits per heavy atom. The van der Waals surface area contributed by atoms with Crippen LogP contribution in [0.4, 0.5) is 0 Å². The number of ketones is 2. The Bertz CT molecular complexity index is 698. The summed E-state index contributed by atoms with van der Waals surface area (Å²) in [6.45, 7) is 1.99. The Kier molecular flexibility index (Phi) is 3.36. The van der Waals surface area contributed by atoms with E-state index >= 15 is 0 Å². The van der Waals surface area contributed by atoms with Gasteiger partial charge in [0.2, 0.25) is 0 Å². The topological polar surface area (TPSA) is 90.2 Å². The number of allylic oxidation sites excluding steroid dienone is 1. The van der Waals surface area contributed by atoms with Crippen LogP contribution in [-0.2, 0) is 6.42 Å². The molecular weight excluding hydrogens is 292 g/mol. The maximum absolute atomic E-state index is 12.6. The van der Waals surface area contributed by atoms with Crippen molar-refractivity contribution in [3.05, 3.63) is 50.3 Å². The van der Waals surface area contributed by atoms with E-state index in [-0.39, 0.29) is 17.2 Å². The number of nitrogens with zero attached hydrogens (tertiary/aromatic N) is 2. The highest BCUT2D eigenvalue weighted by atomic mass is 32.2. The molecule has 21 heavy (non-hydrogen) atoms. The van der Waals surface area contributed by atoms with Crippen LogP contribution in [0.2, 0.25) is 0 Å². The molecular formula is C14H12N2O4S. The summed E-state index contributed by atoms with van der Waals surface area (Å²) >= 11 is 1.06. The first-order valence-electron chi connectivity index (χ1n) is 6.62. The molecule has 7 heteroatoms. The number of carbonyl (C=O) groups is 2. The van der Waals surface area contributed by atoms with E-state index in [9.17, 15) is 19.7 Å². The van der Waals surface area contributed by atoms with Crippen molar-refractivity contribution in [2.24, 2.45) is 5.92 Å². The second-order valence-electron chi connectivity index (χ2n) is 5.01. The van der Waals surface area contributed by atoms with E-state index in [0.717, 1.165) is 23.7 Å². The molecule has 6 nitrogen and oxygen atoms in total. The molecule has 1 aliphatic heterocycles. The molecule has 1 aromatic rings. The zero-order valence-corrected chi connectivity index (χ0v) is 12.1. The Labute approximate surface area is 124 Å². The molecule has 0 spiro atoms. The molecule has 0 amide bonds. The first kappa shape index (κ1) is 13.9. The van der Waals surface area contributed by atoms with E-state index in [2.05, 4.69) is 4.98 Å². The second-order valence-corrected chi connectivity index (χ2v) is 6.02. The van der Waals surface area contributed by atoms with Crippen molar-refractivity contribution in [3.8, 4) is 0 Å². The zero-order valence-electron chi connectivity index (χ0n) is 11.2. The molecule has 0 N–H and O–H groups in total. The number of carbonyl (C=O) groups excluding carboxylic acids is 2. The predicted octanol–water partition coefficient (Wildman–Crippen LogP) is 2.26. The van der Waals surface area contributed by atoms with Gasteiger partial charge in [-0.15, -0.1) is 11.8 Å². The quantitative estimate of drug-likeness (QED) is 0.628. The fourth-order valence-electron chi connectivity index (χ4n) is 2.82. The van der Waals surface area contributed by atoms with Crippen LogP contribution in [0.1, 0.15) is 39.8 Å². The van der Waals surface area contributed by atoms with Gasteiger partial charge in [0.15, 0.2) is 11.6 Å². The zero-order chi connectivity index (χ0) is 15.1. The number of aryl methyl sites for hydroxylation is 1. The third-order valence-electron chi connectivity index (χ3n) is 3.74. The van der Waals surface area contributed by atoms with Crippen LogP contribution in [0.25, 0.3) is 0 Å². The van der Waals surface area contributed by atoms with Gasteiger partial charge in [-0.05, 0) is 18.1 Å². The molecule has 2 unspecified atom stereocenters. The lowest BCUT2D eigenvalue weighted by atomic mass is 9.80. The fraction of sp³-hybridized carbons (Fsp3) is 0.357. The monoisotopic (exact) mass is 304 g/mol. The van der Waals surface area contributed by atoms with E-state index in [4.69, 9.17) is 0 Å². The number of thioether (sulfide) groups is 1. The van der Waals surface area contributed by atoms with Gasteiger partial charge in [-0.25, -0.2) is 0 Å². The smallest absolute Gasteiger partial charge is 0.264 e. The maximum atomic E-state index is 12.6. The van der Waals surface area contributed by atoms with Crippen LogP contribution in [-0.4, -0.2) is 26.7 Å². The normalized spacial score (nSPS) is 23.6. The molecule has 2 atom stereocenters. The summed E-state index contributed by atoms with van der Waals surface area (Å²) in [6, 6.07) is 1.75. The first-order valence-corrected chi connectivity index (χ1v) is 7.56. The van der Waals surface area contributed by atoms with Crippen LogP contribution < -0.4 is 0 Å². The Hall–Kier alpha value is -2.02. The van der Waals surface area contributed by atoms with Gasteiger partial charge in [0.05, 0.1) is 15.7 Å². The summed E-state index contributed by atoms with van der Waals surface area (Å²) in [7, 11) is 0. The molecule has 0 saturated heterocycles. The van der Waals surface area contributed by atoms with E-state index in [1.54, 1.807) is 6.07 Å². The molecule has 0 bridgehead atoms. The van der Waals surface area contributed by atoms with Crippen molar-refractivity contribution in [1.29, 1.82) is 0 Å². The van der Waals surface area contributed by atoms with E-state index < -0.39 is 21.9 Å². The highest BCUT2D eigenvalue weighted by Crippen LogP contribution is 2.43. The minimum absolute atomic E-state index is 0.0856. The summed E-state index contributed by atoms with van der Waals surface area (Å²) in [6.07, 6.45) is 3.02. The third-order valence-corrected chi connectivity index (χ3v) is 4.90. The predicted molar refractivity (Wildman–Crippen MR) is 76.8 cm³/mol. The highest BCUT2D eigenvalue weighted by Gasteiger charge is 2.52. The lowest BCUT2D eigenvalue weighted by molar-refractivity contribution is -0.430. The van der Waals surface area contributed by atoms with Crippen LogP contribution in [0.3, 0.4) is 0 Å². The van der Waals surface area contributed by atoms with Gasteiger partial charge in [-0.3, -0.25) is 24.7 Å². The van der Waals surface area contributed by atoms with Gasteiger partial charge in [0, 0.05) is 11.6 Å². The number of hydrogen-bond donors (Lipinski definition) is 0. The number of pyridine rings is 1. The van der Waals surface area contributed by atoms with Crippen molar-refractivity contribution < 1.29 is 14.5 Å². The second kappa shape index (κ2) is 5.07. The van der Waals surface area contributed by atoms with Crippen LogP contribution in [0.15, 0.2) is 23.4 Å². The van der Waals surface area contributed by atoms with Crippen LogP contribution in [0, 0.1) is 16.0 Å². The number of nitro groups is 1. The van der Waals surface area contributed by atoms with E-state index in [0.29, 0.717) is 12.0 Å². The molecule has 2 heterocycles. The Morgan fingerprint density at radius 3 is 2.81 bits per heavy atom. The van der Waals surface area contributed by atoms with Gasteiger partial charge in [-0.1, -0.05) is 13.3 Å². The van der Waals surface area contributed by atoms with Crippen molar-refractivity contribution in [2.45, 2.75) is 25.0 Å². The fourth-order valence-corrected chi connectivity index (χ4v) is 4.00. The van der Waals surface area contributed by atoms with Gasteiger partial charge < -0.3 is 0 Å². The summed E-state index contributed by atoms with van der Waals surface area (Å²) in [4.78, 5) is 39.6. The Morgan fingerprint density at radius 2 is 2.14 bits per heavy atom. The maximum Gasteiger partial charge on any atom is 0.264 e. The number of Topliss-reactive ketones (excluding diaryl/α,β-unsaturated/α-hetero) is 2. The molecule has 0 fully saturated rings. The number of hydrogen-bond acceptors (Lipinski definition) is 6. The number of rotatable bonds is 3. The summed E-state index contributed by atoms with van der Waals surface area (Å²) in [5, 5.41) is 11.6. The van der Waals surface area contributed by atoms with Gasteiger partial charge in [0.25, 0.3) is 5.70 Å².